The molecule has 3 aromatic carbocycles. The molecule has 0 fully saturated rings. The summed E-state index contributed by atoms with van der Waals surface area (Å²) in [6, 6.07) is 18.9. The summed E-state index contributed by atoms with van der Waals surface area (Å²) in [7, 11) is -2.79. The van der Waals surface area contributed by atoms with Crippen LogP contribution < -0.4 is 14.4 Å². The summed E-state index contributed by atoms with van der Waals surface area (Å²) in [6.45, 7) is 5.21. The number of benzene rings is 3. The standard InChI is InChI=1S/C29H34FN3O5S/c1-21(2)18-31-29(35)22(3)32(19-23-14-16-24(38-4)17-15-23)28(34)20-33(27-13-9-8-12-26(27)30)39(36,37)25-10-6-5-7-11-25/h5-17,21-22H,18-20H2,1-4H3,(H,31,35)/t22-/m1/s1. The first-order chi connectivity index (χ1) is 18.5. The van der Waals surface area contributed by atoms with Crippen molar-refractivity contribution in [2.75, 3.05) is 24.5 Å². The van der Waals surface area contributed by atoms with Gasteiger partial charge in [-0.25, -0.2) is 12.8 Å². The van der Waals surface area contributed by atoms with E-state index in [2.05, 4.69) is 5.32 Å². The van der Waals surface area contributed by atoms with Crippen molar-refractivity contribution in [2.24, 2.45) is 5.92 Å². The zero-order chi connectivity index (χ0) is 28.6. The van der Waals surface area contributed by atoms with E-state index in [1.807, 2.05) is 13.8 Å². The van der Waals surface area contributed by atoms with E-state index in [0.29, 0.717) is 17.9 Å². The van der Waals surface area contributed by atoms with Gasteiger partial charge in [-0.2, -0.15) is 0 Å². The number of amides is 2. The Morgan fingerprint density at radius 3 is 2.13 bits per heavy atom. The lowest BCUT2D eigenvalue weighted by Gasteiger charge is -2.32. The summed E-state index contributed by atoms with van der Waals surface area (Å²) in [5.41, 5.74) is 0.437. The molecule has 208 valence electrons. The number of anilines is 1. The molecule has 0 unspecified atom stereocenters. The molecule has 3 aromatic rings. The molecule has 0 saturated heterocycles. The van der Waals surface area contributed by atoms with Gasteiger partial charge in [-0.15, -0.1) is 0 Å². The van der Waals surface area contributed by atoms with Gasteiger partial charge >= 0.3 is 0 Å². The molecule has 0 heterocycles. The summed E-state index contributed by atoms with van der Waals surface area (Å²) < 4.78 is 48.2. The Balaban J connectivity index is 2.00. The number of para-hydroxylation sites is 1. The van der Waals surface area contributed by atoms with E-state index in [9.17, 15) is 22.4 Å². The largest absolute Gasteiger partial charge is 0.497 e. The third kappa shape index (κ3) is 7.57. The van der Waals surface area contributed by atoms with Crippen LogP contribution in [-0.2, 0) is 26.2 Å². The van der Waals surface area contributed by atoms with Gasteiger partial charge in [0.2, 0.25) is 11.8 Å². The fourth-order valence-corrected chi connectivity index (χ4v) is 5.29. The van der Waals surface area contributed by atoms with E-state index in [1.165, 1.54) is 42.3 Å². The summed E-state index contributed by atoms with van der Waals surface area (Å²) in [5.74, 6) is -1.03. The predicted octanol–water partition coefficient (Wildman–Crippen LogP) is 4.22. The molecule has 10 heteroatoms. The topological polar surface area (TPSA) is 96.0 Å². The lowest BCUT2D eigenvalue weighted by atomic mass is 10.1. The first-order valence-electron chi connectivity index (χ1n) is 12.6. The van der Waals surface area contributed by atoms with Crippen molar-refractivity contribution in [3.63, 3.8) is 0 Å². The van der Waals surface area contributed by atoms with Crippen LogP contribution in [0.25, 0.3) is 0 Å². The number of rotatable bonds is 12. The second-order valence-electron chi connectivity index (χ2n) is 9.46. The molecule has 3 rings (SSSR count). The Labute approximate surface area is 229 Å². The highest BCUT2D eigenvalue weighted by Crippen LogP contribution is 2.27. The molecule has 0 aliphatic heterocycles. The van der Waals surface area contributed by atoms with Crippen molar-refractivity contribution < 1.29 is 27.1 Å². The number of ether oxygens (including phenoxy) is 1. The van der Waals surface area contributed by atoms with Gasteiger partial charge in [0.15, 0.2) is 0 Å². The highest BCUT2D eigenvalue weighted by atomic mass is 32.2. The first-order valence-corrected chi connectivity index (χ1v) is 14.0. The molecule has 0 bridgehead atoms. The van der Waals surface area contributed by atoms with Gasteiger partial charge < -0.3 is 15.0 Å². The van der Waals surface area contributed by atoms with Gasteiger partial charge in [0.1, 0.15) is 24.2 Å². The Morgan fingerprint density at radius 2 is 1.54 bits per heavy atom. The van der Waals surface area contributed by atoms with Crippen LogP contribution in [0.5, 0.6) is 5.75 Å². The van der Waals surface area contributed by atoms with E-state index < -0.39 is 34.3 Å². The number of carbonyl (C=O) groups excluding carboxylic acids is 2. The van der Waals surface area contributed by atoms with Crippen LogP contribution in [0.4, 0.5) is 10.1 Å². The SMILES string of the molecule is COc1ccc(CN(C(=O)CN(c2ccccc2F)S(=O)(=O)c2ccccc2)[C@H](C)C(=O)NCC(C)C)cc1. The average molecular weight is 556 g/mol. The van der Waals surface area contributed by atoms with Crippen molar-refractivity contribution in [1.82, 2.24) is 10.2 Å². The first kappa shape index (κ1) is 29.6. The van der Waals surface area contributed by atoms with Gasteiger partial charge in [0.25, 0.3) is 10.0 Å². The van der Waals surface area contributed by atoms with Crippen LogP contribution >= 0.6 is 0 Å². The van der Waals surface area contributed by atoms with Crippen LogP contribution in [0.15, 0.2) is 83.8 Å². The highest BCUT2D eigenvalue weighted by molar-refractivity contribution is 7.92. The number of sulfonamides is 1. The molecule has 0 spiro atoms. The van der Waals surface area contributed by atoms with Crippen molar-refractivity contribution in [3.8, 4) is 5.75 Å². The second kappa shape index (κ2) is 13.2. The minimum atomic E-state index is -4.33. The molecular weight excluding hydrogens is 521 g/mol. The van der Waals surface area contributed by atoms with E-state index in [-0.39, 0.29) is 29.0 Å². The van der Waals surface area contributed by atoms with Crippen molar-refractivity contribution >= 4 is 27.5 Å². The van der Waals surface area contributed by atoms with Gasteiger partial charge in [-0.1, -0.05) is 56.3 Å². The van der Waals surface area contributed by atoms with Crippen molar-refractivity contribution in [3.05, 3.63) is 90.2 Å². The quantitative estimate of drug-likeness (QED) is 0.361. The normalized spacial score (nSPS) is 12.1. The summed E-state index contributed by atoms with van der Waals surface area (Å²) >= 11 is 0. The summed E-state index contributed by atoms with van der Waals surface area (Å²) in [4.78, 5) is 28.0. The number of methoxy groups -OCH3 is 1. The van der Waals surface area contributed by atoms with E-state index >= 15 is 0 Å². The fourth-order valence-electron chi connectivity index (χ4n) is 3.85. The fraction of sp³-hybridized carbons (Fsp3) is 0.310. The Morgan fingerprint density at radius 1 is 0.923 bits per heavy atom. The average Bonchev–Trinajstić information content (AvgIpc) is 2.94. The molecular formula is C29H34FN3O5S. The van der Waals surface area contributed by atoms with Crippen LogP contribution in [0, 0.1) is 11.7 Å². The van der Waals surface area contributed by atoms with Crippen molar-refractivity contribution in [2.45, 2.75) is 38.3 Å². The Hall–Kier alpha value is -3.92. The molecule has 0 aliphatic rings. The van der Waals surface area contributed by atoms with Gasteiger partial charge in [0, 0.05) is 13.1 Å². The minimum Gasteiger partial charge on any atom is -0.497 e. The lowest BCUT2D eigenvalue weighted by molar-refractivity contribution is -0.139. The molecule has 8 nitrogen and oxygen atoms in total. The third-order valence-corrected chi connectivity index (χ3v) is 7.87. The van der Waals surface area contributed by atoms with Crippen LogP contribution in [0.3, 0.4) is 0 Å². The molecule has 0 aliphatic carbocycles. The van der Waals surface area contributed by atoms with E-state index in [4.69, 9.17) is 4.74 Å². The Bertz CT molecular complexity index is 1370. The highest BCUT2D eigenvalue weighted by Gasteiger charge is 2.33. The zero-order valence-electron chi connectivity index (χ0n) is 22.5. The van der Waals surface area contributed by atoms with E-state index in [1.54, 1.807) is 49.4 Å². The number of hydrogen-bond acceptors (Lipinski definition) is 5. The smallest absolute Gasteiger partial charge is 0.264 e. The maximum Gasteiger partial charge on any atom is 0.264 e. The molecule has 39 heavy (non-hydrogen) atoms. The van der Waals surface area contributed by atoms with Crippen LogP contribution in [-0.4, -0.2) is 51.4 Å². The Kier molecular flexibility index (Phi) is 10.1. The lowest BCUT2D eigenvalue weighted by Crippen LogP contribution is -2.51. The molecule has 1 N–H and O–H groups in total. The monoisotopic (exact) mass is 555 g/mol. The molecule has 0 saturated carbocycles. The number of halogens is 1. The number of nitrogens with one attached hydrogen (secondary N) is 1. The summed E-state index contributed by atoms with van der Waals surface area (Å²) in [6.07, 6.45) is 0. The molecule has 1 atom stereocenters. The van der Waals surface area contributed by atoms with Crippen molar-refractivity contribution in [1.29, 1.82) is 0 Å². The van der Waals surface area contributed by atoms with Crippen LogP contribution in [0.2, 0.25) is 0 Å². The summed E-state index contributed by atoms with van der Waals surface area (Å²) in [5, 5.41) is 2.83. The van der Waals surface area contributed by atoms with Crippen LogP contribution in [0.1, 0.15) is 26.3 Å². The maximum absolute atomic E-state index is 14.9. The zero-order valence-corrected chi connectivity index (χ0v) is 23.3. The second-order valence-corrected chi connectivity index (χ2v) is 11.3. The number of hydrogen-bond donors (Lipinski definition) is 1. The molecule has 0 radical (unpaired) electrons. The molecule has 2 amide bonds. The van der Waals surface area contributed by atoms with Gasteiger partial charge in [-0.05, 0) is 54.8 Å². The third-order valence-electron chi connectivity index (χ3n) is 6.10. The van der Waals surface area contributed by atoms with Gasteiger partial charge in [0.05, 0.1) is 17.7 Å². The van der Waals surface area contributed by atoms with Gasteiger partial charge in [-0.3, -0.25) is 13.9 Å². The van der Waals surface area contributed by atoms with E-state index in [0.717, 1.165) is 10.4 Å². The maximum atomic E-state index is 14.9. The molecule has 0 aromatic heterocycles. The number of carbonyl (C=O) groups is 2. The predicted molar refractivity (Wildman–Crippen MR) is 148 cm³/mol. The number of nitrogens with zero attached hydrogens (tertiary/aromatic N) is 2. The minimum absolute atomic E-state index is 0.0234.